The van der Waals surface area contributed by atoms with E-state index in [-0.39, 0.29) is 36.0 Å². The molecular weight excluding hydrogens is 518 g/mol. The molecular formula is C30H26F2N4O4. The monoisotopic (exact) mass is 544 g/mol. The van der Waals surface area contributed by atoms with Crippen molar-refractivity contribution in [3.05, 3.63) is 83.7 Å². The second-order valence-electron chi connectivity index (χ2n) is 10.1. The van der Waals surface area contributed by atoms with Crippen molar-refractivity contribution in [2.24, 2.45) is 5.41 Å². The van der Waals surface area contributed by atoms with Crippen LogP contribution in [0.25, 0.3) is 11.2 Å². The van der Waals surface area contributed by atoms with E-state index in [0.717, 1.165) is 0 Å². The van der Waals surface area contributed by atoms with E-state index in [1.165, 1.54) is 30.5 Å². The smallest absolute Gasteiger partial charge is 0.184 e. The van der Waals surface area contributed by atoms with Gasteiger partial charge in [0.05, 0.1) is 24.8 Å². The van der Waals surface area contributed by atoms with E-state index in [1.54, 1.807) is 30.5 Å². The molecule has 204 valence electrons. The normalized spacial score (nSPS) is 16.1. The number of hydrogen-bond acceptors (Lipinski definition) is 8. The molecule has 0 bridgehead atoms. The van der Waals surface area contributed by atoms with Crippen LogP contribution in [0, 0.1) is 17.0 Å². The standard InChI is InChI=1S/C30H26F2N4O4/c31-21-4-1-19(2-5-21)16-25(37)30(8-9-30)26(38)17-20-3-6-23(22(32)15-20)40-24-7-10-33-29-28(24)34-18-27(35-29)36-11-13-39-14-12-36/h1-7,10,15,18H,8-9,11-14,16-17H2. The third kappa shape index (κ3) is 5.27. The largest absolute Gasteiger partial charge is 0.452 e. The molecule has 2 aliphatic rings. The number of rotatable bonds is 9. The Labute approximate surface area is 229 Å². The summed E-state index contributed by atoms with van der Waals surface area (Å²) in [6.45, 7) is 2.65. The molecule has 10 heteroatoms. The number of Topliss-reactive ketones (excluding diaryl/α,β-unsaturated/α-hetero) is 2. The Bertz CT molecular complexity index is 1580. The van der Waals surface area contributed by atoms with Crippen molar-refractivity contribution in [1.82, 2.24) is 15.0 Å². The van der Waals surface area contributed by atoms with Crippen molar-refractivity contribution < 1.29 is 27.8 Å². The number of nitrogens with zero attached hydrogens (tertiary/aromatic N) is 4. The highest BCUT2D eigenvalue weighted by molar-refractivity contribution is 6.10. The topological polar surface area (TPSA) is 94.5 Å². The number of fused-ring (bicyclic) bond motifs is 1. The van der Waals surface area contributed by atoms with Crippen LogP contribution < -0.4 is 9.64 Å². The van der Waals surface area contributed by atoms with Crippen molar-refractivity contribution in [2.45, 2.75) is 25.7 Å². The second kappa shape index (κ2) is 10.7. The minimum absolute atomic E-state index is 0.0312. The molecule has 4 aromatic rings. The van der Waals surface area contributed by atoms with Crippen LogP contribution in [-0.2, 0) is 27.2 Å². The Hall–Kier alpha value is -4.31. The van der Waals surface area contributed by atoms with Gasteiger partial charge in [-0.2, -0.15) is 0 Å². The van der Waals surface area contributed by atoms with Gasteiger partial charge in [-0.1, -0.05) is 18.2 Å². The predicted molar refractivity (Wildman–Crippen MR) is 142 cm³/mol. The van der Waals surface area contributed by atoms with E-state index in [2.05, 4.69) is 19.9 Å². The van der Waals surface area contributed by atoms with Crippen LogP contribution in [0.15, 0.2) is 60.9 Å². The van der Waals surface area contributed by atoms with Crippen molar-refractivity contribution in [3.63, 3.8) is 0 Å². The van der Waals surface area contributed by atoms with Crippen molar-refractivity contribution in [3.8, 4) is 11.5 Å². The lowest BCUT2D eigenvalue weighted by Gasteiger charge is -2.27. The van der Waals surface area contributed by atoms with Crippen LogP contribution in [0.5, 0.6) is 11.5 Å². The zero-order chi connectivity index (χ0) is 27.7. The molecule has 3 heterocycles. The van der Waals surface area contributed by atoms with Gasteiger partial charge in [0, 0.05) is 38.2 Å². The van der Waals surface area contributed by atoms with E-state index >= 15 is 4.39 Å². The number of carbonyl (C=O) groups excluding carboxylic acids is 2. The lowest BCUT2D eigenvalue weighted by molar-refractivity contribution is -0.133. The minimum atomic E-state index is -1.05. The molecule has 1 aliphatic heterocycles. The Kier molecular flexibility index (Phi) is 6.93. The lowest BCUT2D eigenvalue weighted by Crippen LogP contribution is -2.36. The van der Waals surface area contributed by atoms with E-state index < -0.39 is 11.2 Å². The summed E-state index contributed by atoms with van der Waals surface area (Å²) in [5.74, 6) is -0.494. The molecule has 0 radical (unpaired) electrons. The first-order valence-electron chi connectivity index (χ1n) is 13.1. The first kappa shape index (κ1) is 25.9. The summed E-state index contributed by atoms with van der Waals surface area (Å²) in [6.07, 6.45) is 4.10. The molecule has 1 aliphatic carbocycles. The Balaban J connectivity index is 1.14. The van der Waals surface area contributed by atoms with Gasteiger partial charge in [-0.15, -0.1) is 0 Å². The Morgan fingerprint density at radius 1 is 0.900 bits per heavy atom. The molecule has 6 rings (SSSR count). The fourth-order valence-electron chi connectivity index (χ4n) is 4.92. The molecule has 0 unspecified atom stereocenters. The van der Waals surface area contributed by atoms with Gasteiger partial charge in [-0.3, -0.25) is 9.59 Å². The third-order valence-corrected chi connectivity index (χ3v) is 7.41. The van der Waals surface area contributed by atoms with E-state index in [9.17, 15) is 14.0 Å². The number of aromatic nitrogens is 3. The van der Waals surface area contributed by atoms with Gasteiger partial charge in [-0.25, -0.2) is 23.7 Å². The van der Waals surface area contributed by atoms with Crippen molar-refractivity contribution in [1.29, 1.82) is 0 Å². The minimum Gasteiger partial charge on any atom is -0.452 e. The second-order valence-corrected chi connectivity index (χ2v) is 10.1. The molecule has 2 fully saturated rings. The Morgan fingerprint density at radius 2 is 1.60 bits per heavy atom. The number of benzene rings is 2. The molecule has 40 heavy (non-hydrogen) atoms. The van der Waals surface area contributed by atoms with Crippen LogP contribution in [0.4, 0.5) is 14.6 Å². The molecule has 0 spiro atoms. The van der Waals surface area contributed by atoms with E-state index in [4.69, 9.17) is 9.47 Å². The van der Waals surface area contributed by atoms with Gasteiger partial charge < -0.3 is 14.4 Å². The molecule has 1 saturated heterocycles. The summed E-state index contributed by atoms with van der Waals surface area (Å²) in [5, 5.41) is 0. The van der Waals surface area contributed by atoms with Crippen molar-refractivity contribution >= 4 is 28.5 Å². The van der Waals surface area contributed by atoms with Gasteiger partial charge in [0.15, 0.2) is 40.0 Å². The van der Waals surface area contributed by atoms with Crippen LogP contribution in [0.2, 0.25) is 0 Å². The number of halogens is 2. The number of carbonyl (C=O) groups is 2. The average Bonchev–Trinajstić information content (AvgIpc) is 3.79. The summed E-state index contributed by atoms with van der Waals surface area (Å²) >= 11 is 0. The zero-order valence-corrected chi connectivity index (χ0v) is 21.6. The van der Waals surface area contributed by atoms with Crippen LogP contribution in [-0.4, -0.2) is 52.8 Å². The summed E-state index contributed by atoms with van der Waals surface area (Å²) in [6, 6.07) is 11.6. The SMILES string of the molecule is O=C(Cc1ccc(F)cc1)C1(C(=O)Cc2ccc(Oc3ccnc4nc(N5CCOCC5)cnc34)c(F)c2)CC1. The highest BCUT2D eigenvalue weighted by Crippen LogP contribution is 2.49. The molecule has 1 saturated carbocycles. The average molecular weight is 545 g/mol. The highest BCUT2D eigenvalue weighted by Gasteiger charge is 2.54. The van der Waals surface area contributed by atoms with Crippen molar-refractivity contribution in [2.75, 3.05) is 31.2 Å². The zero-order valence-electron chi connectivity index (χ0n) is 21.6. The first-order valence-corrected chi connectivity index (χ1v) is 13.1. The number of anilines is 1. The number of ether oxygens (including phenoxy) is 2. The third-order valence-electron chi connectivity index (χ3n) is 7.41. The summed E-state index contributed by atoms with van der Waals surface area (Å²) < 4.78 is 39.5. The first-order chi connectivity index (χ1) is 19.4. The van der Waals surface area contributed by atoms with Gasteiger partial charge >= 0.3 is 0 Å². The molecule has 0 amide bonds. The maximum absolute atomic E-state index is 15.1. The van der Waals surface area contributed by atoms with Crippen LogP contribution >= 0.6 is 0 Å². The van der Waals surface area contributed by atoms with Gasteiger partial charge in [-0.05, 0) is 48.2 Å². The number of ketones is 2. The number of pyridine rings is 1. The summed E-state index contributed by atoms with van der Waals surface area (Å²) in [4.78, 5) is 41.4. The van der Waals surface area contributed by atoms with Gasteiger partial charge in [0.2, 0.25) is 0 Å². The van der Waals surface area contributed by atoms with E-state index in [0.29, 0.717) is 73.0 Å². The van der Waals surface area contributed by atoms with E-state index in [1.807, 2.05) is 0 Å². The Morgan fingerprint density at radius 3 is 2.30 bits per heavy atom. The molecule has 2 aromatic carbocycles. The maximum atomic E-state index is 15.1. The molecule has 0 N–H and O–H groups in total. The number of morpholine rings is 1. The molecule has 2 aromatic heterocycles. The lowest BCUT2D eigenvalue weighted by atomic mass is 9.88. The summed E-state index contributed by atoms with van der Waals surface area (Å²) in [7, 11) is 0. The van der Waals surface area contributed by atoms with Crippen LogP contribution in [0.1, 0.15) is 24.0 Å². The van der Waals surface area contributed by atoms with Crippen LogP contribution in [0.3, 0.4) is 0 Å². The van der Waals surface area contributed by atoms with Gasteiger partial charge in [0.1, 0.15) is 11.6 Å². The predicted octanol–water partition coefficient (Wildman–Crippen LogP) is 4.64. The molecule has 0 atom stereocenters. The fourth-order valence-corrected chi connectivity index (χ4v) is 4.92. The quantitative estimate of drug-likeness (QED) is 0.282. The van der Waals surface area contributed by atoms with Gasteiger partial charge in [0.25, 0.3) is 0 Å². The summed E-state index contributed by atoms with van der Waals surface area (Å²) in [5.41, 5.74) is 0.834. The molecule has 8 nitrogen and oxygen atoms in total. The number of hydrogen-bond donors (Lipinski definition) is 0. The highest BCUT2D eigenvalue weighted by atomic mass is 19.1. The maximum Gasteiger partial charge on any atom is 0.184 e. The fraction of sp³-hybridized carbons (Fsp3) is 0.300.